The van der Waals surface area contributed by atoms with Crippen molar-refractivity contribution in [3.63, 3.8) is 0 Å². The number of carbonyl (C=O) groups is 1. The molecular formula is C28H26N2O4S. The van der Waals surface area contributed by atoms with Gasteiger partial charge < -0.3 is 14.3 Å². The van der Waals surface area contributed by atoms with Gasteiger partial charge in [-0.2, -0.15) is 0 Å². The number of carboxylic acid groups (broad SMARTS) is 1. The summed E-state index contributed by atoms with van der Waals surface area (Å²) in [7, 11) is 0. The number of rotatable bonds is 8. The third kappa shape index (κ3) is 5.42. The van der Waals surface area contributed by atoms with E-state index in [0.29, 0.717) is 18.2 Å². The van der Waals surface area contributed by atoms with Crippen molar-refractivity contribution in [3.05, 3.63) is 95.9 Å². The molecule has 1 saturated heterocycles. The zero-order valence-electron chi connectivity index (χ0n) is 19.4. The fraction of sp³-hybridized carbons (Fsp3) is 0.214. The van der Waals surface area contributed by atoms with Crippen LogP contribution in [0.5, 0.6) is 5.75 Å². The lowest BCUT2D eigenvalue weighted by Crippen LogP contribution is -2.37. The largest absolute Gasteiger partial charge is 0.487 e. The lowest BCUT2D eigenvalue weighted by molar-refractivity contribution is -0.141. The fourth-order valence-corrected chi connectivity index (χ4v) is 5.29. The molecule has 2 heterocycles. The normalized spacial score (nSPS) is 15.9. The second-order valence-electron chi connectivity index (χ2n) is 8.50. The number of hydrogen-bond donors (Lipinski definition) is 1. The highest BCUT2D eigenvalue weighted by molar-refractivity contribution is 7.99. The summed E-state index contributed by atoms with van der Waals surface area (Å²) in [6.45, 7) is 2.76. The number of hydrogen-bond acceptors (Lipinski definition) is 6. The quantitative estimate of drug-likeness (QED) is 0.334. The van der Waals surface area contributed by atoms with E-state index in [1.54, 1.807) is 11.8 Å². The maximum absolute atomic E-state index is 11.5. The van der Waals surface area contributed by atoms with Crippen molar-refractivity contribution >= 4 is 17.7 Å². The van der Waals surface area contributed by atoms with Crippen molar-refractivity contribution < 1.29 is 19.1 Å². The standard InChI is InChI=1S/C28H26N2O4S/c1-19-25(29-27(34-19)23-12-10-22(11-13-23)21-7-3-2-4-8-21)16-33-24-9-5-6-20(14-24)15-30-18-35-17-26(30)28(31)32/h2-14,26H,15-18H2,1H3,(H,31,32). The first-order valence-corrected chi connectivity index (χ1v) is 12.6. The van der Waals surface area contributed by atoms with Crippen LogP contribution >= 0.6 is 11.8 Å². The zero-order valence-corrected chi connectivity index (χ0v) is 20.2. The topological polar surface area (TPSA) is 75.8 Å². The molecule has 1 fully saturated rings. The van der Waals surface area contributed by atoms with Crippen LogP contribution < -0.4 is 4.74 Å². The summed E-state index contributed by atoms with van der Waals surface area (Å²) in [5.41, 5.74) is 4.99. The summed E-state index contributed by atoms with van der Waals surface area (Å²) in [5, 5.41) is 9.41. The number of aliphatic carboxylic acids is 1. The van der Waals surface area contributed by atoms with Crippen LogP contribution in [0.3, 0.4) is 0 Å². The minimum Gasteiger partial charge on any atom is -0.487 e. The van der Waals surface area contributed by atoms with Crippen molar-refractivity contribution in [2.24, 2.45) is 0 Å². The molecule has 0 amide bonds. The third-order valence-electron chi connectivity index (χ3n) is 6.05. The van der Waals surface area contributed by atoms with Crippen LogP contribution in [0.4, 0.5) is 0 Å². The molecule has 1 aromatic heterocycles. The van der Waals surface area contributed by atoms with E-state index < -0.39 is 12.0 Å². The van der Waals surface area contributed by atoms with Crippen LogP contribution in [0.2, 0.25) is 0 Å². The third-order valence-corrected chi connectivity index (χ3v) is 7.12. The number of carboxylic acids is 1. The van der Waals surface area contributed by atoms with Gasteiger partial charge in [0.1, 0.15) is 29.9 Å². The number of aromatic nitrogens is 1. The van der Waals surface area contributed by atoms with Gasteiger partial charge in [0, 0.05) is 23.7 Å². The Morgan fingerprint density at radius 3 is 2.57 bits per heavy atom. The van der Waals surface area contributed by atoms with Crippen LogP contribution in [0.1, 0.15) is 17.0 Å². The van der Waals surface area contributed by atoms with Gasteiger partial charge in [0.15, 0.2) is 0 Å². The first-order chi connectivity index (χ1) is 17.1. The highest BCUT2D eigenvalue weighted by Gasteiger charge is 2.30. The van der Waals surface area contributed by atoms with E-state index in [1.807, 2.05) is 66.4 Å². The van der Waals surface area contributed by atoms with Gasteiger partial charge >= 0.3 is 5.97 Å². The van der Waals surface area contributed by atoms with Crippen LogP contribution in [-0.2, 0) is 17.9 Å². The second kappa shape index (κ2) is 10.4. The van der Waals surface area contributed by atoms with Gasteiger partial charge in [-0.25, -0.2) is 4.98 Å². The van der Waals surface area contributed by atoms with Crippen molar-refractivity contribution in [2.45, 2.75) is 26.1 Å². The Hall–Kier alpha value is -3.55. The molecular weight excluding hydrogens is 460 g/mol. The molecule has 7 heteroatoms. The highest BCUT2D eigenvalue weighted by Crippen LogP contribution is 2.27. The molecule has 1 N–H and O–H groups in total. The summed E-state index contributed by atoms with van der Waals surface area (Å²) in [4.78, 5) is 18.1. The predicted octanol–water partition coefficient (Wildman–Crippen LogP) is 5.86. The van der Waals surface area contributed by atoms with Crippen LogP contribution in [0.15, 0.2) is 83.3 Å². The average Bonchev–Trinajstić information content (AvgIpc) is 3.50. The molecule has 1 aliphatic heterocycles. The SMILES string of the molecule is Cc1oc(-c2ccc(-c3ccccc3)cc2)nc1COc1cccc(CN2CSCC2C(=O)O)c1. The van der Waals surface area contributed by atoms with Gasteiger partial charge in [-0.3, -0.25) is 9.69 Å². The maximum Gasteiger partial charge on any atom is 0.321 e. The lowest BCUT2D eigenvalue weighted by atomic mass is 10.0. The van der Waals surface area contributed by atoms with Gasteiger partial charge in [0.2, 0.25) is 5.89 Å². The molecule has 1 aliphatic rings. The van der Waals surface area contributed by atoms with E-state index in [1.165, 1.54) is 5.56 Å². The minimum absolute atomic E-state index is 0.290. The Morgan fingerprint density at radius 2 is 1.80 bits per heavy atom. The smallest absolute Gasteiger partial charge is 0.321 e. The molecule has 1 unspecified atom stereocenters. The van der Waals surface area contributed by atoms with Gasteiger partial charge in [0.25, 0.3) is 0 Å². The van der Waals surface area contributed by atoms with E-state index in [2.05, 4.69) is 29.2 Å². The summed E-state index contributed by atoms with van der Waals surface area (Å²) in [6, 6.07) is 25.7. The Labute approximate surface area is 208 Å². The molecule has 3 aromatic carbocycles. The first-order valence-electron chi connectivity index (χ1n) is 11.5. The van der Waals surface area contributed by atoms with Crippen molar-refractivity contribution in [1.82, 2.24) is 9.88 Å². The van der Waals surface area contributed by atoms with Gasteiger partial charge in [-0.15, -0.1) is 11.8 Å². The molecule has 35 heavy (non-hydrogen) atoms. The number of oxazole rings is 1. The van der Waals surface area contributed by atoms with Crippen molar-refractivity contribution in [1.29, 1.82) is 0 Å². The van der Waals surface area contributed by atoms with E-state index in [9.17, 15) is 9.90 Å². The van der Waals surface area contributed by atoms with Gasteiger partial charge in [-0.1, -0.05) is 54.6 Å². The summed E-state index contributed by atoms with van der Waals surface area (Å²) in [5.74, 6) is 2.58. The molecule has 4 aromatic rings. The maximum atomic E-state index is 11.5. The van der Waals surface area contributed by atoms with Crippen LogP contribution in [0.25, 0.3) is 22.6 Å². The molecule has 5 rings (SSSR count). The Kier molecular flexibility index (Phi) is 6.88. The molecule has 0 spiro atoms. The molecule has 1 atom stereocenters. The number of ether oxygens (including phenoxy) is 1. The zero-order chi connectivity index (χ0) is 24.2. The molecule has 178 valence electrons. The minimum atomic E-state index is -0.769. The molecule has 0 radical (unpaired) electrons. The summed E-state index contributed by atoms with van der Waals surface area (Å²) >= 11 is 1.65. The Balaban J connectivity index is 1.24. The molecule has 6 nitrogen and oxygen atoms in total. The van der Waals surface area contributed by atoms with E-state index >= 15 is 0 Å². The van der Waals surface area contributed by atoms with Crippen LogP contribution in [-0.4, -0.2) is 38.6 Å². The monoisotopic (exact) mass is 486 g/mol. The van der Waals surface area contributed by atoms with Gasteiger partial charge in [0.05, 0.1) is 0 Å². The molecule has 0 aliphatic carbocycles. The van der Waals surface area contributed by atoms with Crippen LogP contribution in [0, 0.1) is 6.92 Å². The van der Waals surface area contributed by atoms with Crippen molar-refractivity contribution in [2.75, 3.05) is 11.6 Å². The Bertz CT molecular complexity index is 1300. The first kappa shape index (κ1) is 23.2. The predicted molar refractivity (Wildman–Crippen MR) is 137 cm³/mol. The fourth-order valence-electron chi connectivity index (χ4n) is 4.10. The summed E-state index contributed by atoms with van der Waals surface area (Å²) in [6.07, 6.45) is 0. The average molecular weight is 487 g/mol. The van der Waals surface area contributed by atoms with Gasteiger partial charge in [-0.05, 0) is 47.9 Å². The van der Waals surface area contributed by atoms with E-state index in [4.69, 9.17) is 9.15 Å². The molecule has 0 bridgehead atoms. The number of thioether (sulfide) groups is 1. The van der Waals surface area contributed by atoms with E-state index in [0.717, 1.165) is 39.8 Å². The Morgan fingerprint density at radius 1 is 1.06 bits per heavy atom. The number of benzene rings is 3. The second-order valence-corrected chi connectivity index (χ2v) is 9.50. The lowest BCUT2D eigenvalue weighted by Gasteiger charge is -2.20. The molecule has 0 saturated carbocycles. The summed E-state index contributed by atoms with van der Waals surface area (Å²) < 4.78 is 11.9. The van der Waals surface area contributed by atoms with Crippen molar-refractivity contribution in [3.8, 4) is 28.3 Å². The highest BCUT2D eigenvalue weighted by atomic mass is 32.2. The number of aryl methyl sites for hydroxylation is 1. The van der Waals surface area contributed by atoms with E-state index in [-0.39, 0.29) is 6.61 Å². The number of nitrogens with zero attached hydrogens (tertiary/aromatic N) is 2.